The molecular formula is C22H23FN6O. The minimum absolute atomic E-state index is 0.125. The summed E-state index contributed by atoms with van der Waals surface area (Å²) in [6, 6.07) is 8.44. The predicted octanol–water partition coefficient (Wildman–Crippen LogP) is 2.26. The van der Waals surface area contributed by atoms with E-state index < -0.39 is 0 Å². The highest BCUT2D eigenvalue weighted by Crippen LogP contribution is 2.26. The smallest absolute Gasteiger partial charge is 0.224 e. The van der Waals surface area contributed by atoms with Gasteiger partial charge in [0.1, 0.15) is 17.5 Å². The molecule has 8 heteroatoms. The number of carbonyl (C=O) groups excluding carboxylic acids is 1. The molecule has 2 aromatic heterocycles. The number of aromatic nitrogens is 4. The molecule has 3 heterocycles. The Hall–Kier alpha value is -3.42. The maximum Gasteiger partial charge on any atom is 0.224 e. The zero-order chi connectivity index (χ0) is 21.1. The fraction of sp³-hybridized carbons (Fsp3) is 0.318. The molecule has 2 N–H and O–H groups in total. The normalized spacial score (nSPS) is 14.9. The van der Waals surface area contributed by atoms with Gasteiger partial charge in [-0.05, 0) is 23.6 Å². The van der Waals surface area contributed by atoms with Gasteiger partial charge in [0.15, 0.2) is 0 Å². The number of primary amides is 1. The molecular weight excluding hydrogens is 383 g/mol. The van der Waals surface area contributed by atoms with Crippen LogP contribution in [0.4, 0.5) is 10.2 Å². The quantitative estimate of drug-likeness (QED) is 0.646. The van der Waals surface area contributed by atoms with Crippen molar-refractivity contribution >= 4 is 11.7 Å². The lowest BCUT2D eigenvalue weighted by Gasteiger charge is -2.38. The van der Waals surface area contributed by atoms with E-state index in [1.165, 1.54) is 12.1 Å². The van der Waals surface area contributed by atoms with Crippen molar-refractivity contribution < 1.29 is 9.18 Å². The lowest BCUT2D eigenvalue weighted by atomic mass is 9.97. The molecule has 0 bridgehead atoms. The average molecular weight is 406 g/mol. The van der Waals surface area contributed by atoms with Gasteiger partial charge in [-0.2, -0.15) is 0 Å². The fourth-order valence-corrected chi connectivity index (χ4v) is 3.52. The maximum atomic E-state index is 13.2. The first kappa shape index (κ1) is 19.9. The van der Waals surface area contributed by atoms with Gasteiger partial charge >= 0.3 is 0 Å². The molecule has 1 saturated heterocycles. The predicted molar refractivity (Wildman–Crippen MR) is 110 cm³/mol. The first-order valence-corrected chi connectivity index (χ1v) is 9.89. The summed E-state index contributed by atoms with van der Waals surface area (Å²) in [5, 5.41) is 0. The van der Waals surface area contributed by atoms with Crippen molar-refractivity contribution in [3.63, 3.8) is 0 Å². The number of hydrogen-bond donors (Lipinski definition) is 1. The molecule has 3 aromatic rings. The summed E-state index contributed by atoms with van der Waals surface area (Å²) in [4.78, 5) is 31.3. The van der Waals surface area contributed by atoms with Crippen LogP contribution in [0.5, 0.6) is 0 Å². The van der Waals surface area contributed by atoms with E-state index in [0.29, 0.717) is 31.8 Å². The first-order valence-electron chi connectivity index (χ1n) is 9.89. The van der Waals surface area contributed by atoms with Gasteiger partial charge in [0.2, 0.25) is 5.91 Å². The van der Waals surface area contributed by atoms with E-state index in [2.05, 4.69) is 16.9 Å². The van der Waals surface area contributed by atoms with Gasteiger partial charge < -0.3 is 10.6 Å². The van der Waals surface area contributed by atoms with Crippen molar-refractivity contribution in [2.24, 2.45) is 11.7 Å². The summed E-state index contributed by atoms with van der Waals surface area (Å²) in [6.07, 6.45) is 6.15. The summed E-state index contributed by atoms with van der Waals surface area (Å²) in [5.74, 6) is 0.917. The van der Waals surface area contributed by atoms with Crippen LogP contribution >= 0.6 is 0 Å². The van der Waals surface area contributed by atoms with Crippen molar-refractivity contribution in [1.29, 1.82) is 0 Å². The Morgan fingerprint density at radius 2 is 1.97 bits per heavy atom. The first-order chi connectivity index (χ1) is 14.5. The molecule has 30 heavy (non-hydrogen) atoms. The molecule has 0 spiro atoms. The zero-order valence-corrected chi connectivity index (χ0v) is 16.7. The summed E-state index contributed by atoms with van der Waals surface area (Å²) in [6.45, 7) is 3.19. The molecule has 4 rings (SSSR count). The van der Waals surface area contributed by atoms with Gasteiger partial charge in [-0.15, -0.1) is 0 Å². The van der Waals surface area contributed by atoms with Crippen molar-refractivity contribution in [2.45, 2.75) is 25.7 Å². The van der Waals surface area contributed by atoms with Gasteiger partial charge in [-0.1, -0.05) is 19.1 Å². The second-order valence-corrected chi connectivity index (χ2v) is 7.67. The zero-order valence-electron chi connectivity index (χ0n) is 16.7. The molecule has 1 aliphatic rings. The molecule has 1 aromatic carbocycles. The highest BCUT2D eigenvalue weighted by molar-refractivity contribution is 5.80. The lowest BCUT2D eigenvalue weighted by Crippen LogP contribution is -2.53. The highest BCUT2D eigenvalue weighted by atomic mass is 19.1. The van der Waals surface area contributed by atoms with Crippen LogP contribution in [0.3, 0.4) is 0 Å². The molecule has 7 nitrogen and oxygen atoms in total. The van der Waals surface area contributed by atoms with E-state index in [-0.39, 0.29) is 23.6 Å². The van der Waals surface area contributed by atoms with E-state index in [9.17, 15) is 9.18 Å². The molecule has 1 amide bonds. The topological polar surface area (TPSA) is 97.9 Å². The van der Waals surface area contributed by atoms with Crippen LogP contribution < -0.4 is 10.6 Å². The van der Waals surface area contributed by atoms with Gasteiger partial charge in [0.25, 0.3) is 0 Å². The molecule has 1 aliphatic heterocycles. The van der Waals surface area contributed by atoms with Gasteiger partial charge in [-0.25, -0.2) is 14.4 Å². The fourth-order valence-electron chi connectivity index (χ4n) is 3.52. The van der Waals surface area contributed by atoms with Crippen molar-refractivity contribution in [2.75, 3.05) is 18.0 Å². The Bertz CT molecular complexity index is 1020. The molecule has 0 saturated carbocycles. The van der Waals surface area contributed by atoms with E-state index in [4.69, 9.17) is 15.7 Å². The third kappa shape index (κ3) is 4.59. The van der Waals surface area contributed by atoms with Crippen LogP contribution in [-0.4, -0.2) is 38.9 Å². The molecule has 1 fully saturated rings. The van der Waals surface area contributed by atoms with Gasteiger partial charge in [0, 0.05) is 50.6 Å². The van der Waals surface area contributed by atoms with Gasteiger partial charge in [-0.3, -0.25) is 14.8 Å². The van der Waals surface area contributed by atoms with E-state index in [1.54, 1.807) is 30.7 Å². The van der Waals surface area contributed by atoms with Gasteiger partial charge in [0.05, 0.1) is 17.3 Å². The van der Waals surface area contributed by atoms with Crippen molar-refractivity contribution in [3.8, 4) is 0 Å². The van der Waals surface area contributed by atoms with Crippen LogP contribution in [0, 0.1) is 11.7 Å². The summed E-state index contributed by atoms with van der Waals surface area (Å²) in [7, 11) is 0. The third-order valence-electron chi connectivity index (χ3n) is 5.33. The Labute approximate surface area is 174 Å². The minimum Gasteiger partial charge on any atom is -0.369 e. The van der Waals surface area contributed by atoms with Crippen LogP contribution in [-0.2, 0) is 17.6 Å². The summed E-state index contributed by atoms with van der Waals surface area (Å²) in [5.41, 5.74) is 8.08. The minimum atomic E-state index is -0.287. The van der Waals surface area contributed by atoms with Crippen LogP contribution in [0.2, 0.25) is 0 Å². The monoisotopic (exact) mass is 406 g/mol. The summed E-state index contributed by atoms with van der Waals surface area (Å²) < 4.78 is 13.2. The lowest BCUT2D eigenvalue weighted by molar-refractivity contribution is -0.122. The van der Waals surface area contributed by atoms with Crippen LogP contribution in [0.15, 0.2) is 48.9 Å². The maximum absolute atomic E-state index is 13.2. The number of carbonyl (C=O) groups is 1. The second kappa shape index (κ2) is 8.52. The molecule has 0 unspecified atom stereocenters. The Morgan fingerprint density at radius 3 is 2.63 bits per heavy atom. The number of halogens is 1. The Balaban J connectivity index is 1.58. The Morgan fingerprint density at radius 1 is 1.20 bits per heavy atom. The van der Waals surface area contributed by atoms with Crippen LogP contribution in [0.25, 0.3) is 0 Å². The molecule has 0 aliphatic carbocycles. The highest BCUT2D eigenvalue weighted by Gasteiger charge is 2.32. The number of rotatable bonds is 7. The third-order valence-corrected chi connectivity index (χ3v) is 5.33. The Kier molecular flexibility index (Phi) is 5.65. The average Bonchev–Trinajstić information content (AvgIpc) is 2.67. The standard InChI is InChI=1S/C22H23FN6O/c1-14(15-2-4-17(23)5-3-15)8-20-27-18(9-19-11-25-6-7-26-19)10-21(28-20)29-12-16(13-29)22(24)30/h2-7,10-11,14,16H,8-9,12-13H2,1H3,(H2,24,30)/t14-/m1/s1. The number of amides is 1. The molecule has 0 radical (unpaired) electrons. The van der Waals surface area contributed by atoms with E-state index >= 15 is 0 Å². The number of anilines is 1. The number of nitrogens with two attached hydrogens (primary N) is 1. The SMILES string of the molecule is C[C@H](Cc1nc(Cc2cnccn2)cc(N2CC(C(N)=O)C2)n1)c1ccc(F)cc1. The largest absolute Gasteiger partial charge is 0.369 e. The van der Waals surface area contributed by atoms with Crippen molar-refractivity contribution in [3.05, 3.63) is 77.5 Å². The molecule has 1 atom stereocenters. The molecule has 154 valence electrons. The number of benzene rings is 1. The van der Waals surface area contributed by atoms with Crippen molar-refractivity contribution in [1.82, 2.24) is 19.9 Å². The number of hydrogen-bond acceptors (Lipinski definition) is 6. The van der Waals surface area contributed by atoms with E-state index in [1.807, 2.05) is 11.0 Å². The van der Waals surface area contributed by atoms with Crippen LogP contribution in [0.1, 0.15) is 35.6 Å². The van der Waals surface area contributed by atoms with E-state index in [0.717, 1.165) is 22.8 Å². The second-order valence-electron chi connectivity index (χ2n) is 7.67. The number of nitrogens with zero attached hydrogens (tertiary/aromatic N) is 5. The summed E-state index contributed by atoms with van der Waals surface area (Å²) >= 11 is 0.